The third-order valence-corrected chi connectivity index (χ3v) is 3.57. The molecule has 0 unspecified atom stereocenters. The van der Waals surface area contributed by atoms with Gasteiger partial charge in [0.05, 0.1) is 15.6 Å². The van der Waals surface area contributed by atoms with Gasteiger partial charge in [0.2, 0.25) is 5.82 Å². The Morgan fingerprint density at radius 3 is 2.57 bits per heavy atom. The first-order valence-corrected chi connectivity index (χ1v) is 7.04. The number of hydrogen-bond acceptors (Lipinski definition) is 3. The van der Waals surface area contributed by atoms with Gasteiger partial charge >= 0.3 is 5.69 Å². The molecule has 0 bridgehead atoms. The predicted molar refractivity (Wildman–Crippen MR) is 85.2 cm³/mol. The van der Waals surface area contributed by atoms with E-state index in [1.807, 2.05) is 0 Å². The van der Waals surface area contributed by atoms with Crippen LogP contribution in [0.1, 0.15) is 10.4 Å². The molecular weight excluding hydrogens is 414 g/mol. The van der Waals surface area contributed by atoms with E-state index in [9.17, 15) is 19.3 Å². The van der Waals surface area contributed by atoms with E-state index in [1.54, 1.807) is 18.2 Å². The predicted octanol–water partition coefficient (Wildman–Crippen LogP) is 4.24. The molecule has 0 aliphatic heterocycles. The number of nitrogens with one attached hydrogen (secondary N) is 1. The average molecular weight is 421 g/mol. The van der Waals surface area contributed by atoms with Gasteiger partial charge in [0.15, 0.2) is 0 Å². The van der Waals surface area contributed by atoms with Gasteiger partial charge in [-0.1, -0.05) is 11.6 Å². The van der Waals surface area contributed by atoms with Crippen molar-refractivity contribution in [2.75, 3.05) is 5.32 Å². The number of nitrogens with zero attached hydrogens (tertiary/aromatic N) is 1. The topological polar surface area (TPSA) is 72.2 Å². The Morgan fingerprint density at radius 2 is 2.00 bits per heavy atom. The van der Waals surface area contributed by atoms with E-state index in [0.29, 0.717) is 10.7 Å². The minimum Gasteiger partial charge on any atom is -0.321 e. The number of amides is 1. The molecule has 108 valence electrons. The minimum atomic E-state index is -1.07. The zero-order chi connectivity index (χ0) is 15.6. The molecular formula is C13H7ClFIN2O3. The lowest BCUT2D eigenvalue weighted by Gasteiger charge is -2.07. The van der Waals surface area contributed by atoms with E-state index >= 15 is 0 Å². The fourth-order valence-electron chi connectivity index (χ4n) is 1.58. The van der Waals surface area contributed by atoms with Crippen molar-refractivity contribution in [1.82, 2.24) is 0 Å². The summed E-state index contributed by atoms with van der Waals surface area (Å²) in [4.78, 5) is 21.6. The summed E-state index contributed by atoms with van der Waals surface area (Å²) in [6.45, 7) is 0. The molecule has 0 atom stereocenters. The van der Waals surface area contributed by atoms with E-state index in [-0.39, 0.29) is 5.56 Å². The van der Waals surface area contributed by atoms with E-state index in [1.165, 1.54) is 6.07 Å². The number of benzene rings is 2. The summed E-state index contributed by atoms with van der Waals surface area (Å²) in [5.74, 6) is -1.67. The Bertz CT molecular complexity index is 739. The van der Waals surface area contributed by atoms with Crippen molar-refractivity contribution in [2.45, 2.75) is 0 Å². The largest absolute Gasteiger partial charge is 0.321 e. The van der Waals surface area contributed by atoms with Crippen molar-refractivity contribution in [1.29, 1.82) is 0 Å². The molecule has 5 nitrogen and oxygen atoms in total. The highest BCUT2D eigenvalue weighted by Gasteiger charge is 2.17. The quantitative estimate of drug-likeness (QED) is 0.458. The molecule has 2 aromatic carbocycles. The Morgan fingerprint density at radius 1 is 1.29 bits per heavy atom. The number of halogens is 3. The van der Waals surface area contributed by atoms with Crippen LogP contribution in [0.2, 0.25) is 5.02 Å². The molecule has 0 spiro atoms. The third-order valence-electron chi connectivity index (χ3n) is 2.59. The number of anilines is 1. The number of carbonyl (C=O) groups excluding carboxylic acids is 1. The van der Waals surface area contributed by atoms with Crippen LogP contribution in [0.5, 0.6) is 0 Å². The first kappa shape index (κ1) is 15.6. The summed E-state index contributed by atoms with van der Waals surface area (Å²) >= 11 is 8.05. The molecule has 0 radical (unpaired) electrons. The van der Waals surface area contributed by atoms with Gasteiger partial charge in [0, 0.05) is 15.2 Å². The molecule has 0 saturated heterocycles. The van der Waals surface area contributed by atoms with Crippen LogP contribution in [-0.2, 0) is 0 Å². The number of hydrogen-bond donors (Lipinski definition) is 1. The summed E-state index contributed by atoms with van der Waals surface area (Å²) < 4.78 is 14.4. The second kappa shape index (κ2) is 6.35. The Hall–Kier alpha value is -1.74. The van der Waals surface area contributed by atoms with Gasteiger partial charge in [0.25, 0.3) is 5.91 Å². The maximum atomic E-state index is 13.5. The lowest BCUT2D eigenvalue weighted by molar-refractivity contribution is -0.387. The van der Waals surface area contributed by atoms with Gasteiger partial charge in [-0.05, 0) is 52.9 Å². The van der Waals surface area contributed by atoms with Crippen LogP contribution < -0.4 is 5.32 Å². The number of nitro groups is 1. The van der Waals surface area contributed by atoms with Gasteiger partial charge in [-0.3, -0.25) is 14.9 Å². The molecule has 1 amide bonds. The van der Waals surface area contributed by atoms with Crippen LogP contribution in [0.4, 0.5) is 15.8 Å². The van der Waals surface area contributed by atoms with Crippen LogP contribution in [0.3, 0.4) is 0 Å². The first-order chi connectivity index (χ1) is 9.88. The summed E-state index contributed by atoms with van der Waals surface area (Å²) in [6, 6.07) is 7.96. The maximum Gasteiger partial charge on any atom is 0.304 e. The van der Waals surface area contributed by atoms with E-state index < -0.39 is 22.3 Å². The van der Waals surface area contributed by atoms with Gasteiger partial charge in [-0.25, -0.2) is 0 Å². The van der Waals surface area contributed by atoms with Crippen LogP contribution in [0, 0.1) is 19.5 Å². The molecule has 21 heavy (non-hydrogen) atoms. The molecule has 0 heterocycles. The molecule has 0 aromatic heterocycles. The van der Waals surface area contributed by atoms with Gasteiger partial charge in [0.1, 0.15) is 0 Å². The highest BCUT2D eigenvalue weighted by molar-refractivity contribution is 14.1. The van der Waals surface area contributed by atoms with Crippen molar-refractivity contribution in [2.24, 2.45) is 0 Å². The molecule has 1 N–H and O–H groups in total. The summed E-state index contributed by atoms with van der Waals surface area (Å²) in [5.41, 5.74) is -0.340. The van der Waals surface area contributed by atoms with Gasteiger partial charge in [-0.15, -0.1) is 0 Å². The maximum absolute atomic E-state index is 13.5. The normalized spacial score (nSPS) is 10.2. The molecule has 2 rings (SSSR count). The zero-order valence-corrected chi connectivity index (χ0v) is 13.2. The Labute approximate surface area is 137 Å². The molecule has 2 aromatic rings. The van der Waals surface area contributed by atoms with Crippen molar-refractivity contribution in [3.05, 3.63) is 66.5 Å². The summed E-state index contributed by atoms with van der Waals surface area (Å²) in [6.07, 6.45) is 0. The number of rotatable bonds is 3. The van der Waals surface area contributed by atoms with Gasteiger partial charge < -0.3 is 5.32 Å². The minimum absolute atomic E-state index is 0.0345. The van der Waals surface area contributed by atoms with E-state index in [2.05, 4.69) is 27.9 Å². The highest BCUT2D eigenvalue weighted by atomic mass is 127. The second-order valence-corrected chi connectivity index (χ2v) is 5.65. The van der Waals surface area contributed by atoms with Crippen LogP contribution in [-0.4, -0.2) is 10.8 Å². The monoisotopic (exact) mass is 420 g/mol. The standard InChI is InChI=1S/C13H7ClFIN2O3/c14-9-6-8(16)2-3-11(9)17-13(19)7-1-4-12(18(20)21)10(15)5-7/h1-6H,(H,17,19). The van der Waals surface area contributed by atoms with Gasteiger partial charge in [-0.2, -0.15) is 4.39 Å². The van der Waals surface area contributed by atoms with Crippen LogP contribution >= 0.6 is 34.2 Å². The lowest BCUT2D eigenvalue weighted by Crippen LogP contribution is -2.12. The zero-order valence-electron chi connectivity index (χ0n) is 10.3. The molecule has 8 heteroatoms. The van der Waals surface area contributed by atoms with Crippen molar-refractivity contribution < 1.29 is 14.1 Å². The Balaban J connectivity index is 2.24. The van der Waals surface area contributed by atoms with E-state index in [0.717, 1.165) is 15.7 Å². The fourth-order valence-corrected chi connectivity index (χ4v) is 2.48. The number of nitro benzene ring substituents is 1. The van der Waals surface area contributed by atoms with Crippen molar-refractivity contribution in [3.8, 4) is 0 Å². The molecule has 0 aliphatic carbocycles. The summed E-state index contributed by atoms with van der Waals surface area (Å²) in [7, 11) is 0. The van der Waals surface area contributed by atoms with Crippen molar-refractivity contribution >= 4 is 51.5 Å². The first-order valence-electron chi connectivity index (χ1n) is 5.59. The summed E-state index contributed by atoms with van der Waals surface area (Å²) in [5, 5.41) is 13.4. The number of carbonyl (C=O) groups is 1. The molecule has 0 saturated carbocycles. The highest BCUT2D eigenvalue weighted by Crippen LogP contribution is 2.25. The third kappa shape index (κ3) is 3.67. The molecule has 0 aliphatic rings. The van der Waals surface area contributed by atoms with E-state index in [4.69, 9.17) is 11.6 Å². The molecule has 0 fully saturated rings. The van der Waals surface area contributed by atoms with Crippen LogP contribution in [0.15, 0.2) is 36.4 Å². The average Bonchev–Trinajstić information content (AvgIpc) is 2.41. The lowest BCUT2D eigenvalue weighted by atomic mass is 10.2. The second-order valence-electron chi connectivity index (χ2n) is 4.00. The SMILES string of the molecule is O=C(Nc1ccc(I)cc1Cl)c1ccc([N+](=O)[O-])c(F)c1. The van der Waals surface area contributed by atoms with Crippen LogP contribution in [0.25, 0.3) is 0 Å². The smallest absolute Gasteiger partial charge is 0.304 e. The fraction of sp³-hybridized carbons (Fsp3) is 0. The van der Waals surface area contributed by atoms with Crippen molar-refractivity contribution in [3.63, 3.8) is 0 Å². The Kier molecular flexibility index (Phi) is 4.73.